The van der Waals surface area contributed by atoms with Gasteiger partial charge in [0, 0.05) is 45.8 Å². The fraction of sp³-hybridized carbons (Fsp3) is 0.636. The van der Waals surface area contributed by atoms with Crippen molar-refractivity contribution in [1.82, 2.24) is 20.0 Å². The lowest BCUT2D eigenvalue weighted by molar-refractivity contribution is 0.0137. The number of guanidine groups is 1. The molecule has 0 radical (unpaired) electrons. The smallest absolute Gasteiger partial charge is 0.410 e. The third-order valence-corrected chi connectivity index (χ3v) is 5.78. The van der Waals surface area contributed by atoms with Gasteiger partial charge < -0.3 is 19.9 Å². The van der Waals surface area contributed by atoms with Gasteiger partial charge >= 0.3 is 6.09 Å². The molecule has 158 valence electrons. The first kappa shape index (κ1) is 20.0. The monoisotopic (exact) mass is 399 g/mol. The lowest BCUT2D eigenvalue weighted by Gasteiger charge is -2.39. The van der Waals surface area contributed by atoms with Crippen molar-refractivity contribution in [2.45, 2.75) is 45.4 Å². The van der Waals surface area contributed by atoms with Crippen LogP contribution in [0.5, 0.6) is 0 Å². The minimum absolute atomic E-state index is 0.219. The van der Waals surface area contributed by atoms with Crippen molar-refractivity contribution in [3.8, 4) is 0 Å². The molecule has 1 fully saturated rings. The number of aliphatic imine (C=N–C) groups is 1. The summed E-state index contributed by atoms with van der Waals surface area (Å²) < 4.78 is 5.52. The fourth-order valence-corrected chi connectivity index (χ4v) is 4.29. The number of fused-ring (bicyclic) bond motifs is 2. The van der Waals surface area contributed by atoms with E-state index in [-0.39, 0.29) is 12.1 Å². The van der Waals surface area contributed by atoms with Crippen LogP contribution in [0.2, 0.25) is 0 Å². The number of piperazine rings is 1. The predicted octanol–water partition coefficient (Wildman–Crippen LogP) is 1.93. The van der Waals surface area contributed by atoms with Gasteiger partial charge in [0.1, 0.15) is 5.60 Å². The lowest BCUT2D eigenvalue weighted by Crippen LogP contribution is -2.57. The van der Waals surface area contributed by atoms with E-state index in [0.29, 0.717) is 13.1 Å². The van der Waals surface area contributed by atoms with E-state index in [0.717, 1.165) is 51.6 Å². The molecule has 1 unspecified atom stereocenters. The second-order valence-corrected chi connectivity index (χ2v) is 9.16. The summed E-state index contributed by atoms with van der Waals surface area (Å²) in [5.74, 6) is 0.983. The Balaban J connectivity index is 1.22. The molecule has 1 aromatic carbocycles. The molecule has 3 aliphatic heterocycles. The topological polar surface area (TPSA) is 60.4 Å². The zero-order chi connectivity index (χ0) is 20.4. The Bertz CT molecular complexity index is 773. The van der Waals surface area contributed by atoms with E-state index in [1.807, 2.05) is 25.7 Å². The molecule has 7 heteroatoms. The number of rotatable bonds is 3. The van der Waals surface area contributed by atoms with Gasteiger partial charge in [-0.05, 0) is 38.3 Å². The molecule has 3 heterocycles. The average Bonchev–Trinajstić information content (AvgIpc) is 3.09. The maximum Gasteiger partial charge on any atom is 0.410 e. The molecule has 0 spiro atoms. The van der Waals surface area contributed by atoms with Gasteiger partial charge in [-0.2, -0.15) is 0 Å². The van der Waals surface area contributed by atoms with E-state index in [1.54, 1.807) is 0 Å². The number of amides is 1. The maximum absolute atomic E-state index is 12.3. The number of benzene rings is 1. The van der Waals surface area contributed by atoms with Crippen molar-refractivity contribution in [3.05, 3.63) is 35.4 Å². The number of nitrogens with zero attached hydrogens (tertiary/aromatic N) is 4. The molecule has 1 aromatic rings. The van der Waals surface area contributed by atoms with E-state index in [4.69, 9.17) is 9.73 Å². The number of hydrogen-bond acceptors (Lipinski definition) is 6. The Morgan fingerprint density at radius 1 is 1.21 bits per heavy atom. The van der Waals surface area contributed by atoms with Crippen molar-refractivity contribution in [2.75, 3.05) is 45.8 Å². The Morgan fingerprint density at radius 2 is 2.00 bits per heavy atom. The highest BCUT2D eigenvalue weighted by atomic mass is 16.6. The van der Waals surface area contributed by atoms with E-state index in [9.17, 15) is 4.79 Å². The molecule has 29 heavy (non-hydrogen) atoms. The molecule has 1 atom stereocenters. The summed E-state index contributed by atoms with van der Waals surface area (Å²) in [4.78, 5) is 23.7. The van der Waals surface area contributed by atoms with Gasteiger partial charge in [-0.3, -0.25) is 9.89 Å². The van der Waals surface area contributed by atoms with Gasteiger partial charge in [-0.15, -0.1) is 0 Å². The van der Waals surface area contributed by atoms with Crippen molar-refractivity contribution >= 4 is 12.1 Å². The normalized spacial score (nSPS) is 22.0. The van der Waals surface area contributed by atoms with Crippen LogP contribution in [0.15, 0.2) is 29.3 Å². The van der Waals surface area contributed by atoms with Crippen molar-refractivity contribution in [2.24, 2.45) is 4.99 Å². The first-order valence-corrected chi connectivity index (χ1v) is 10.7. The quantitative estimate of drug-likeness (QED) is 0.842. The highest BCUT2D eigenvalue weighted by molar-refractivity contribution is 5.82. The first-order chi connectivity index (χ1) is 13.9. The van der Waals surface area contributed by atoms with Crippen molar-refractivity contribution in [3.63, 3.8) is 0 Å². The summed E-state index contributed by atoms with van der Waals surface area (Å²) in [5.41, 5.74) is 2.49. The third kappa shape index (κ3) is 4.83. The second-order valence-electron chi connectivity index (χ2n) is 9.16. The van der Waals surface area contributed by atoms with Crippen molar-refractivity contribution < 1.29 is 9.53 Å². The van der Waals surface area contributed by atoms with Gasteiger partial charge in [0.25, 0.3) is 0 Å². The summed E-state index contributed by atoms with van der Waals surface area (Å²) in [5, 5.41) is 3.53. The Morgan fingerprint density at radius 3 is 2.79 bits per heavy atom. The van der Waals surface area contributed by atoms with E-state index in [1.165, 1.54) is 11.1 Å². The molecule has 7 nitrogen and oxygen atoms in total. The summed E-state index contributed by atoms with van der Waals surface area (Å²) in [6.07, 6.45) is 0.912. The molecule has 0 aliphatic carbocycles. The Kier molecular flexibility index (Phi) is 5.67. The first-order valence-electron chi connectivity index (χ1n) is 10.7. The molecule has 1 saturated heterocycles. The predicted molar refractivity (Wildman–Crippen MR) is 114 cm³/mol. The zero-order valence-electron chi connectivity index (χ0n) is 17.9. The molecular formula is C22H33N5O2. The van der Waals surface area contributed by atoms with Crippen LogP contribution in [0, 0.1) is 0 Å². The van der Waals surface area contributed by atoms with Crippen LogP contribution < -0.4 is 5.32 Å². The second kappa shape index (κ2) is 8.22. The van der Waals surface area contributed by atoms with Crippen LogP contribution in [0.1, 0.15) is 31.9 Å². The highest BCUT2D eigenvalue weighted by Crippen LogP contribution is 2.19. The summed E-state index contributed by atoms with van der Waals surface area (Å²) in [6, 6.07) is 9.00. The average molecular weight is 400 g/mol. The molecule has 1 N–H and O–H groups in total. The van der Waals surface area contributed by atoms with E-state index < -0.39 is 5.60 Å². The van der Waals surface area contributed by atoms with Crippen LogP contribution in [0.25, 0.3) is 0 Å². The largest absolute Gasteiger partial charge is 0.444 e. The lowest BCUT2D eigenvalue weighted by atomic mass is 10.00. The standard InChI is InChI=1S/C22H33N5O2/c1-22(2,3)29-21(28)26-12-13-27-19(16-26)14-24-20(27)23-9-11-25-10-8-17-6-4-5-7-18(17)15-25/h4-7,19H,8-16H2,1-3H3,(H,23,24). The minimum atomic E-state index is -0.456. The fourth-order valence-electron chi connectivity index (χ4n) is 4.29. The molecule has 3 aliphatic rings. The highest BCUT2D eigenvalue weighted by Gasteiger charge is 2.36. The van der Waals surface area contributed by atoms with Gasteiger partial charge in [-0.1, -0.05) is 24.3 Å². The van der Waals surface area contributed by atoms with Gasteiger partial charge in [-0.25, -0.2) is 4.79 Å². The van der Waals surface area contributed by atoms with Crippen LogP contribution in [0.3, 0.4) is 0 Å². The van der Waals surface area contributed by atoms with Gasteiger partial charge in [0.05, 0.1) is 12.6 Å². The number of nitrogens with one attached hydrogen (secondary N) is 1. The number of ether oxygens (including phenoxy) is 1. The van der Waals surface area contributed by atoms with Crippen LogP contribution in [-0.4, -0.2) is 84.2 Å². The number of carbonyl (C=O) groups excluding carboxylic acids is 1. The van der Waals surface area contributed by atoms with Crippen molar-refractivity contribution in [1.29, 1.82) is 0 Å². The molecule has 0 aromatic heterocycles. The molecule has 1 amide bonds. The van der Waals surface area contributed by atoms with Crippen LogP contribution in [0.4, 0.5) is 4.79 Å². The summed E-state index contributed by atoms with van der Waals surface area (Å²) >= 11 is 0. The molecule has 0 bridgehead atoms. The molecule has 4 rings (SSSR count). The zero-order valence-corrected chi connectivity index (χ0v) is 17.9. The summed E-state index contributed by atoms with van der Waals surface area (Å²) in [7, 11) is 0. The van der Waals surface area contributed by atoms with Gasteiger partial charge in [0.2, 0.25) is 0 Å². The summed E-state index contributed by atoms with van der Waals surface area (Å²) in [6.45, 7) is 12.6. The van der Waals surface area contributed by atoms with Gasteiger partial charge in [0.15, 0.2) is 5.96 Å². The number of carbonyl (C=O) groups is 1. The van der Waals surface area contributed by atoms with E-state index >= 15 is 0 Å². The SMILES string of the molecule is CC(C)(C)OC(=O)N1CCN2C(NCCN3CCc4ccccc4C3)=NCC2C1. The Hall–Kier alpha value is -2.28. The van der Waals surface area contributed by atoms with Crippen LogP contribution >= 0.6 is 0 Å². The van der Waals surface area contributed by atoms with E-state index in [2.05, 4.69) is 39.4 Å². The Labute approximate surface area is 173 Å². The third-order valence-electron chi connectivity index (χ3n) is 5.78. The molecular weight excluding hydrogens is 366 g/mol. The maximum atomic E-state index is 12.3. The minimum Gasteiger partial charge on any atom is -0.444 e. The molecule has 0 saturated carbocycles. The van der Waals surface area contributed by atoms with Crippen LogP contribution in [-0.2, 0) is 17.7 Å². The number of hydrogen-bond donors (Lipinski definition) is 1.